The van der Waals surface area contributed by atoms with Gasteiger partial charge < -0.3 is 15.3 Å². The second-order valence-electron chi connectivity index (χ2n) is 5.01. The Labute approximate surface area is 136 Å². The quantitative estimate of drug-likeness (QED) is 0.880. The molecule has 1 aromatic heterocycles. The Bertz CT molecular complexity index is 661. The van der Waals surface area contributed by atoms with Gasteiger partial charge in [0.15, 0.2) is 0 Å². The van der Waals surface area contributed by atoms with Gasteiger partial charge in [0, 0.05) is 31.2 Å². The molecule has 0 saturated carbocycles. The van der Waals surface area contributed by atoms with Gasteiger partial charge in [-0.3, -0.25) is 4.98 Å². The monoisotopic (exact) mass is 339 g/mol. The van der Waals surface area contributed by atoms with E-state index in [-0.39, 0.29) is 25.4 Å². The molecule has 1 aromatic carbocycles. The van der Waals surface area contributed by atoms with Crippen molar-refractivity contribution in [2.45, 2.75) is 12.7 Å². The largest absolute Gasteiger partial charge is 0.416 e. The molecule has 0 unspecified atom stereocenters. The number of alkyl halides is 3. The van der Waals surface area contributed by atoms with Gasteiger partial charge in [0.1, 0.15) is 0 Å². The number of rotatable bonds is 5. The number of hydrogen-bond donors (Lipinski definition) is 2. The summed E-state index contributed by atoms with van der Waals surface area (Å²) in [5.74, 6) is 0. The van der Waals surface area contributed by atoms with Crippen LogP contribution in [0.5, 0.6) is 0 Å². The summed E-state index contributed by atoms with van der Waals surface area (Å²) in [6, 6.07) is 7.14. The Hall–Kier alpha value is -2.61. The number of aliphatic hydroxyl groups excluding tert-OH is 1. The van der Waals surface area contributed by atoms with Crippen LogP contribution in [-0.4, -0.2) is 34.2 Å². The van der Waals surface area contributed by atoms with Crippen molar-refractivity contribution in [2.24, 2.45) is 0 Å². The normalized spacial score (nSPS) is 11.2. The first kappa shape index (κ1) is 17.7. The van der Waals surface area contributed by atoms with Crippen LogP contribution >= 0.6 is 0 Å². The Morgan fingerprint density at radius 3 is 2.46 bits per heavy atom. The zero-order valence-corrected chi connectivity index (χ0v) is 12.6. The first-order chi connectivity index (χ1) is 11.4. The van der Waals surface area contributed by atoms with Crippen molar-refractivity contribution < 1.29 is 23.1 Å². The molecule has 0 atom stereocenters. The number of aliphatic hydroxyl groups is 1. The minimum Gasteiger partial charge on any atom is -0.395 e. The fourth-order valence-corrected chi connectivity index (χ4v) is 2.03. The van der Waals surface area contributed by atoms with Gasteiger partial charge in [-0.25, -0.2) is 4.79 Å². The van der Waals surface area contributed by atoms with Gasteiger partial charge in [0.2, 0.25) is 0 Å². The summed E-state index contributed by atoms with van der Waals surface area (Å²) in [6.45, 7) is 0.0723. The molecule has 1 heterocycles. The van der Waals surface area contributed by atoms with Crippen molar-refractivity contribution >= 4 is 11.7 Å². The van der Waals surface area contributed by atoms with Crippen molar-refractivity contribution in [1.82, 2.24) is 9.88 Å². The first-order valence-electron chi connectivity index (χ1n) is 7.13. The molecule has 2 N–H and O–H groups in total. The molecule has 0 bridgehead atoms. The van der Waals surface area contributed by atoms with Crippen LogP contribution in [0.25, 0.3) is 0 Å². The van der Waals surface area contributed by atoms with Gasteiger partial charge >= 0.3 is 12.2 Å². The topological polar surface area (TPSA) is 65.5 Å². The number of nitrogens with one attached hydrogen (secondary N) is 1. The molecule has 8 heteroatoms. The van der Waals surface area contributed by atoms with Crippen LogP contribution in [0.3, 0.4) is 0 Å². The van der Waals surface area contributed by atoms with Crippen molar-refractivity contribution in [2.75, 3.05) is 18.5 Å². The molecule has 2 aromatic rings. The highest BCUT2D eigenvalue weighted by Gasteiger charge is 2.30. The number of halogens is 3. The van der Waals surface area contributed by atoms with Crippen LogP contribution in [0.15, 0.2) is 48.8 Å². The van der Waals surface area contributed by atoms with Gasteiger partial charge in [0.05, 0.1) is 12.2 Å². The number of benzene rings is 1. The Kier molecular flexibility index (Phi) is 5.75. The number of hydrogen-bond acceptors (Lipinski definition) is 3. The number of anilines is 1. The molecule has 2 rings (SSSR count). The van der Waals surface area contributed by atoms with Crippen molar-refractivity contribution in [3.8, 4) is 0 Å². The minimum atomic E-state index is -4.42. The number of carbonyl (C=O) groups is 1. The SMILES string of the molecule is O=C(Nc1ccc(C(F)(F)F)cc1)N(CCO)Cc1cccnc1. The van der Waals surface area contributed by atoms with Gasteiger partial charge in [0.25, 0.3) is 0 Å². The van der Waals surface area contributed by atoms with Crippen LogP contribution in [-0.2, 0) is 12.7 Å². The zero-order valence-electron chi connectivity index (χ0n) is 12.6. The number of pyridine rings is 1. The average Bonchev–Trinajstić information content (AvgIpc) is 2.55. The number of aromatic nitrogens is 1. The van der Waals surface area contributed by atoms with E-state index >= 15 is 0 Å². The lowest BCUT2D eigenvalue weighted by atomic mass is 10.2. The molecule has 128 valence electrons. The maximum absolute atomic E-state index is 12.5. The summed E-state index contributed by atoms with van der Waals surface area (Å²) >= 11 is 0. The molecule has 0 radical (unpaired) electrons. The van der Waals surface area contributed by atoms with Crippen molar-refractivity contribution in [1.29, 1.82) is 0 Å². The number of urea groups is 1. The molecule has 0 aliphatic heterocycles. The lowest BCUT2D eigenvalue weighted by Crippen LogP contribution is -2.36. The van der Waals surface area contributed by atoms with E-state index in [0.717, 1.165) is 17.7 Å². The predicted octanol–water partition coefficient (Wildman–Crippen LogP) is 3.13. The summed E-state index contributed by atoms with van der Waals surface area (Å²) < 4.78 is 37.6. The fourth-order valence-electron chi connectivity index (χ4n) is 2.03. The van der Waals surface area contributed by atoms with E-state index in [2.05, 4.69) is 10.3 Å². The molecular formula is C16H16F3N3O2. The molecule has 5 nitrogen and oxygen atoms in total. The predicted molar refractivity (Wildman–Crippen MR) is 82.2 cm³/mol. The Morgan fingerprint density at radius 2 is 1.92 bits per heavy atom. The van der Waals surface area contributed by atoms with Gasteiger partial charge in [-0.1, -0.05) is 6.07 Å². The lowest BCUT2D eigenvalue weighted by molar-refractivity contribution is -0.137. The van der Waals surface area contributed by atoms with E-state index in [4.69, 9.17) is 5.11 Å². The highest BCUT2D eigenvalue weighted by molar-refractivity contribution is 5.89. The van der Waals surface area contributed by atoms with Crippen LogP contribution < -0.4 is 5.32 Å². The smallest absolute Gasteiger partial charge is 0.395 e. The molecule has 0 aliphatic rings. The van der Waals surface area contributed by atoms with Crippen LogP contribution in [0.4, 0.5) is 23.7 Å². The van der Waals surface area contributed by atoms with Crippen LogP contribution in [0.1, 0.15) is 11.1 Å². The standard InChI is InChI=1S/C16H16F3N3O2/c17-16(18,19)13-3-5-14(6-4-13)21-15(24)22(8-9-23)11-12-2-1-7-20-10-12/h1-7,10,23H,8-9,11H2,(H,21,24). The highest BCUT2D eigenvalue weighted by Crippen LogP contribution is 2.29. The molecule has 24 heavy (non-hydrogen) atoms. The van der Waals surface area contributed by atoms with Crippen LogP contribution in [0.2, 0.25) is 0 Å². The summed E-state index contributed by atoms with van der Waals surface area (Å²) in [6.07, 6.45) is -1.23. The number of nitrogens with zero attached hydrogens (tertiary/aromatic N) is 2. The minimum absolute atomic E-state index is 0.0847. The maximum Gasteiger partial charge on any atom is 0.416 e. The lowest BCUT2D eigenvalue weighted by Gasteiger charge is -2.22. The molecular weight excluding hydrogens is 323 g/mol. The Morgan fingerprint density at radius 1 is 1.21 bits per heavy atom. The molecule has 2 amide bonds. The Balaban J connectivity index is 2.04. The van der Waals surface area contributed by atoms with E-state index in [0.29, 0.717) is 0 Å². The van der Waals surface area contributed by atoms with E-state index in [1.54, 1.807) is 24.5 Å². The first-order valence-corrected chi connectivity index (χ1v) is 7.13. The van der Waals surface area contributed by atoms with Gasteiger partial charge in [-0.2, -0.15) is 13.2 Å². The summed E-state index contributed by atoms with van der Waals surface area (Å²) in [7, 11) is 0. The highest BCUT2D eigenvalue weighted by atomic mass is 19.4. The second kappa shape index (κ2) is 7.78. The van der Waals surface area contributed by atoms with E-state index in [1.807, 2.05) is 0 Å². The fraction of sp³-hybridized carbons (Fsp3) is 0.250. The third-order valence-electron chi connectivity index (χ3n) is 3.22. The van der Waals surface area contributed by atoms with Crippen LogP contribution in [0, 0.1) is 0 Å². The third kappa shape index (κ3) is 4.95. The van der Waals surface area contributed by atoms with Crippen molar-refractivity contribution in [3.63, 3.8) is 0 Å². The van der Waals surface area contributed by atoms with E-state index in [1.165, 1.54) is 17.0 Å². The molecule has 0 aliphatic carbocycles. The average molecular weight is 339 g/mol. The third-order valence-corrected chi connectivity index (χ3v) is 3.22. The summed E-state index contributed by atoms with van der Waals surface area (Å²) in [5, 5.41) is 11.6. The summed E-state index contributed by atoms with van der Waals surface area (Å²) in [4.78, 5) is 17.5. The summed E-state index contributed by atoms with van der Waals surface area (Å²) in [5.41, 5.74) is 0.221. The molecule has 0 fully saturated rings. The van der Waals surface area contributed by atoms with E-state index < -0.39 is 17.8 Å². The maximum atomic E-state index is 12.5. The second-order valence-corrected chi connectivity index (χ2v) is 5.01. The van der Waals surface area contributed by atoms with Crippen molar-refractivity contribution in [3.05, 3.63) is 59.9 Å². The molecule has 0 spiro atoms. The van der Waals surface area contributed by atoms with Gasteiger partial charge in [-0.05, 0) is 35.9 Å². The van der Waals surface area contributed by atoms with E-state index in [9.17, 15) is 18.0 Å². The zero-order chi connectivity index (χ0) is 17.6. The number of carbonyl (C=O) groups excluding carboxylic acids is 1. The van der Waals surface area contributed by atoms with Gasteiger partial charge in [-0.15, -0.1) is 0 Å². The number of amides is 2. The molecule has 0 saturated heterocycles.